The van der Waals surface area contributed by atoms with Crippen LogP contribution in [-0.2, 0) is 18.2 Å². The summed E-state index contributed by atoms with van der Waals surface area (Å²) in [5.41, 5.74) is 0.284. The van der Waals surface area contributed by atoms with Gasteiger partial charge in [-0.15, -0.1) is 0 Å². The minimum atomic E-state index is -4.58. The molecule has 0 saturated carbocycles. The van der Waals surface area contributed by atoms with Crippen LogP contribution in [0.1, 0.15) is 25.2 Å². The second kappa shape index (κ2) is 10.3. The number of benzene rings is 2. The van der Waals surface area contributed by atoms with Crippen LogP contribution in [0.25, 0.3) is 0 Å². The van der Waals surface area contributed by atoms with E-state index in [1.165, 1.54) is 37.4 Å². The van der Waals surface area contributed by atoms with Gasteiger partial charge < -0.3 is 19.3 Å². The van der Waals surface area contributed by atoms with Crippen molar-refractivity contribution < 1.29 is 37.4 Å². The second-order valence-corrected chi connectivity index (χ2v) is 9.36. The molecule has 0 aliphatic carbocycles. The van der Waals surface area contributed by atoms with Crippen LogP contribution in [0.15, 0.2) is 48.5 Å². The van der Waals surface area contributed by atoms with E-state index in [1.54, 1.807) is 32.0 Å². The number of para-hydroxylation sites is 2. The summed E-state index contributed by atoms with van der Waals surface area (Å²) < 4.78 is 46.9. The van der Waals surface area contributed by atoms with Crippen molar-refractivity contribution in [2.24, 2.45) is 0 Å². The van der Waals surface area contributed by atoms with E-state index in [2.05, 4.69) is 5.09 Å². The van der Waals surface area contributed by atoms with Crippen molar-refractivity contribution in [3.63, 3.8) is 0 Å². The van der Waals surface area contributed by atoms with Crippen molar-refractivity contribution in [1.29, 1.82) is 0 Å². The lowest BCUT2D eigenvalue weighted by Gasteiger charge is -2.28. The van der Waals surface area contributed by atoms with Gasteiger partial charge in [-0.1, -0.05) is 24.3 Å². The maximum absolute atomic E-state index is 13.2. The van der Waals surface area contributed by atoms with Gasteiger partial charge in [-0.05, 0) is 43.7 Å². The topological polar surface area (TPSA) is 124 Å². The SMILES string of the molecule is CCOP(=O)(NC(c1ccc(OC)cc1)P(=O)(O)Oc1ccccc1O)OCC. The molecule has 2 aromatic rings. The molecule has 3 N–H and O–H groups in total. The fourth-order valence-electron chi connectivity index (χ4n) is 2.45. The first-order valence-corrected chi connectivity index (χ1v) is 12.0. The van der Waals surface area contributed by atoms with Crippen molar-refractivity contribution in [2.45, 2.75) is 19.6 Å². The summed E-state index contributed by atoms with van der Waals surface area (Å²) in [5, 5.41) is 12.4. The van der Waals surface area contributed by atoms with Crippen LogP contribution in [0.5, 0.6) is 17.2 Å². The van der Waals surface area contributed by atoms with Gasteiger partial charge in [-0.25, -0.2) is 14.2 Å². The Balaban J connectivity index is 2.45. The Hall–Kier alpha value is -1.86. The summed E-state index contributed by atoms with van der Waals surface area (Å²) >= 11 is 0. The Bertz CT molecular complexity index is 880. The number of hydrogen-bond acceptors (Lipinski definition) is 7. The lowest BCUT2D eigenvalue weighted by Crippen LogP contribution is -2.23. The van der Waals surface area contributed by atoms with E-state index in [0.717, 1.165) is 0 Å². The second-order valence-electron chi connectivity index (χ2n) is 5.76. The highest BCUT2D eigenvalue weighted by atomic mass is 31.2. The minimum Gasteiger partial charge on any atom is -0.504 e. The molecule has 0 heterocycles. The molecule has 2 rings (SSSR count). The van der Waals surface area contributed by atoms with E-state index < -0.39 is 21.1 Å². The molecule has 0 fully saturated rings. The molecular weight excluding hydrogens is 420 g/mol. The van der Waals surface area contributed by atoms with Gasteiger partial charge in [0.2, 0.25) is 0 Å². The molecule has 0 bridgehead atoms. The number of ether oxygens (including phenoxy) is 1. The van der Waals surface area contributed by atoms with Crippen molar-refractivity contribution in [2.75, 3.05) is 20.3 Å². The molecule has 0 amide bonds. The van der Waals surface area contributed by atoms with Crippen LogP contribution in [0, 0.1) is 0 Å². The zero-order valence-electron chi connectivity index (χ0n) is 16.3. The van der Waals surface area contributed by atoms with Gasteiger partial charge >= 0.3 is 15.3 Å². The molecule has 0 spiro atoms. The Morgan fingerprint density at radius 3 is 2.10 bits per heavy atom. The third-order valence-electron chi connectivity index (χ3n) is 3.73. The van der Waals surface area contributed by atoms with Crippen molar-refractivity contribution >= 4 is 15.3 Å². The molecule has 0 aromatic heterocycles. The van der Waals surface area contributed by atoms with Gasteiger partial charge in [0.1, 0.15) is 5.75 Å². The average molecular weight is 445 g/mol. The number of phenolic OH excluding ortho intramolecular Hbond substituents is 1. The number of hydrogen-bond donors (Lipinski definition) is 3. The molecule has 11 heteroatoms. The quantitative estimate of drug-likeness (QED) is 0.431. The normalized spacial score (nSPS) is 14.8. The fourth-order valence-corrected chi connectivity index (χ4v) is 5.90. The van der Waals surface area contributed by atoms with Crippen LogP contribution in [0.2, 0.25) is 0 Å². The van der Waals surface area contributed by atoms with Crippen LogP contribution in [-0.4, -0.2) is 30.3 Å². The maximum Gasteiger partial charge on any atom is 0.406 e. The van der Waals surface area contributed by atoms with Gasteiger partial charge in [0.25, 0.3) is 0 Å². The van der Waals surface area contributed by atoms with E-state index in [1.807, 2.05) is 0 Å². The van der Waals surface area contributed by atoms with E-state index in [0.29, 0.717) is 5.75 Å². The fraction of sp³-hybridized carbons (Fsp3) is 0.333. The molecule has 2 atom stereocenters. The van der Waals surface area contributed by atoms with Gasteiger partial charge in [-0.3, -0.25) is 9.05 Å². The number of methoxy groups -OCH3 is 1. The molecule has 160 valence electrons. The molecule has 2 aromatic carbocycles. The minimum absolute atomic E-state index is 0.0513. The third kappa shape index (κ3) is 6.31. The Morgan fingerprint density at radius 1 is 1.00 bits per heavy atom. The zero-order chi connectivity index (χ0) is 21.5. The molecule has 0 aliphatic heterocycles. The van der Waals surface area contributed by atoms with Gasteiger partial charge in [0, 0.05) is 0 Å². The predicted octanol–water partition coefficient (Wildman–Crippen LogP) is 4.43. The van der Waals surface area contributed by atoms with E-state index >= 15 is 0 Å². The molecule has 0 aliphatic rings. The monoisotopic (exact) mass is 445 g/mol. The number of aromatic hydroxyl groups is 1. The largest absolute Gasteiger partial charge is 0.504 e. The first-order valence-electron chi connectivity index (χ1n) is 8.85. The van der Waals surface area contributed by atoms with Crippen molar-refractivity contribution in [3.8, 4) is 17.2 Å². The van der Waals surface area contributed by atoms with E-state index in [9.17, 15) is 19.1 Å². The van der Waals surface area contributed by atoms with Gasteiger partial charge in [0.05, 0.1) is 20.3 Å². The van der Waals surface area contributed by atoms with Crippen LogP contribution >= 0.6 is 15.3 Å². The highest BCUT2D eigenvalue weighted by Gasteiger charge is 2.42. The number of nitrogens with one attached hydrogen (secondary N) is 1. The standard InChI is InChI=1S/C18H25NO8P2/c1-4-25-29(23,26-5-2)19-18(14-10-12-15(24-3)13-11-14)28(21,22)27-17-9-7-6-8-16(17)20/h6-13,18,20H,4-5H2,1-3H3,(H,19,23)(H,21,22). The molecular formula is C18H25NO8P2. The third-order valence-corrected chi connectivity index (χ3v) is 7.24. The highest BCUT2D eigenvalue weighted by molar-refractivity contribution is 7.56. The predicted molar refractivity (Wildman–Crippen MR) is 108 cm³/mol. The Kier molecular flexibility index (Phi) is 8.28. The first kappa shape index (κ1) is 23.4. The summed E-state index contributed by atoms with van der Waals surface area (Å²) in [4.78, 5) is 10.7. The van der Waals surface area contributed by atoms with Gasteiger partial charge in [-0.2, -0.15) is 0 Å². The molecule has 9 nitrogen and oxygen atoms in total. The van der Waals surface area contributed by atoms with Crippen LogP contribution < -0.4 is 14.3 Å². The van der Waals surface area contributed by atoms with E-state index in [4.69, 9.17) is 18.3 Å². The van der Waals surface area contributed by atoms with E-state index in [-0.39, 0.29) is 30.3 Å². The summed E-state index contributed by atoms with van der Waals surface area (Å²) in [6, 6.07) is 11.9. The van der Waals surface area contributed by atoms with Gasteiger partial charge in [0.15, 0.2) is 17.3 Å². The van der Waals surface area contributed by atoms with Crippen LogP contribution in [0.3, 0.4) is 0 Å². The Labute approximate surface area is 169 Å². The molecule has 2 unspecified atom stereocenters. The first-order chi connectivity index (χ1) is 13.7. The smallest absolute Gasteiger partial charge is 0.406 e. The highest BCUT2D eigenvalue weighted by Crippen LogP contribution is 2.60. The molecule has 0 radical (unpaired) electrons. The summed E-state index contributed by atoms with van der Waals surface area (Å²) in [5.74, 6) is -1.45. The number of rotatable bonds is 11. The van der Waals surface area contributed by atoms with Crippen molar-refractivity contribution in [3.05, 3.63) is 54.1 Å². The summed E-state index contributed by atoms with van der Waals surface area (Å²) in [6.45, 7) is 3.34. The summed E-state index contributed by atoms with van der Waals surface area (Å²) in [7, 11) is -7.03. The molecule has 29 heavy (non-hydrogen) atoms. The average Bonchev–Trinajstić information content (AvgIpc) is 2.68. The lowest BCUT2D eigenvalue weighted by atomic mass is 10.2. The van der Waals surface area contributed by atoms with Crippen LogP contribution in [0.4, 0.5) is 0 Å². The Morgan fingerprint density at radius 2 is 1.59 bits per heavy atom. The summed E-state index contributed by atoms with van der Waals surface area (Å²) in [6.07, 6.45) is 0. The number of phenols is 1. The zero-order valence-corrected chi connectivity index (χ0v) is 18.1. The maximum atomic E-state index is 13.2. The van der Waals surface area contributed by atoms with Crippen molar-refractivity contribution in [1.82, 2.24) is 5.09 Å². The molecule has 0 saturated heterocycles. The lowest BCUT2D eigenvalue weighted by molar-refractivity contribution is 0.207.